The van der Waals surface area contributed by atoms with E-state index in [0.29, 0.717) is 67.7 Å². The van der Waals surface area contributed by atoms with Gasteiger partial charge >= 0.3 is 0 Å². The molecule has 0 spiro atoms. The highest BCUT2D eigenvalue weighted by Crippen LogP contribution is 2.39. The summed E-state index contributed by atoms with van der Waals surface area (Å²) in [6.07, 6.45) is 3.06. The number of hydrogen-bond donors (Lipinski definition) is 3. The van der Waals surface area contributed by atoms with Crippen LogP contribution in [0.3, 0.4) is 0 Å². The molecule has 1 aliphatic heterocycles. The fourth-order valence-corrected chi connectivity index (χ4v) is 5.02. The van der Waals surface area contributed by atoms with Crippen molar-refractivity contribution in [2.45, 2.75) is 38.4 Å². The molecule has 1 saturated heterocycles. The third-order valence-corrected chi connectivity index (χ3v) is 7.42. The van der Waals surface area contributed by atoms with Crippen LogP contribution in [0.4, 0.5) is 13.2 Å². The Balaban J connectivity index is 1.39. The average molecular weight is 529 g/mol. The van der Waals surface area contributed by atoms with Crippen LogP contribution < -0.4 is 4.74 Å². The zero-order valence-electron chi connectivity index (χ0n) is 21.2. The maximum absolute atomic E-state index is 13.4. The van der Waals surface area contributed by atoms with E-state index in [9.17, 15) is 28.5 Å². The topological polar surface area (TPSA) is 86.0 Å². The molecule has 4 rings (SSSR count). The van der Waals surface area contributed by atoms with Gasteiger partial charge in [-0.1, -0.05) is 11.8 Å². The van der Waals surface area contributed by atoms with Crippen LogP contribution in [0.1, 0.15) is 48.5 Å². The molecule has 1 atom stereocenters. The first kappa shape index (κ1) is 27.9. The molecule has 2 heterocycles. The van der Waals surface area contributed by atoms with E-state index in [2.05, 4.69) is 21.7 Å². The lowest BCUT2D eigenvalue weighted by molar-refractivity contribution is 0.0271. The van der Waals surface area contributed by atoms with Crippen molar-refractivity contribution in [2.24, 2.45) is 5.41 Å². The summed E-state index contributed by atoms with van der Waals surface area (Å²) < 4.78 is 45.2. The normalized spacial score (nSPS) is 16.2. The van der Waals surface area contributed by atoms with E-state index in [1.54, 1.807) is 25.4 Å². The number of hydrogen-bond acceptors (Lipinski definition) is 6. The Kier molecular flexibility index (Phi) is 8.90. The van der Waals surface area contributed by atoms with Crippen LogP contribution in [0.15, 0.2) is 36.5 Å². The number of rotatable bonds is 8. The Morgan fingerprint density at radius 2 is 1.82 bits per heavy atom. The van der Waals surface area contributed by atoms with Gasteiger partial charge in [0, 0.05) is 29.3 Å². The second-order valence-corrected chi connectivity index (χ2v) is 9.78. The minimum atomic E-state index is -1.51. The van der Waals surface area contributed by atoms with E-state index in [4.69, 9.17) is 4.74 Å². The summed E-state index contributed by atoms with van der Waals surface area (Å²) in [6, 6.07) is 7.14. The molecule has 1 aliphatic rings. The first-order valence-corrected chi connectivity index (χ1v) is 12.5. The molecule has 1 aromatic heterocycles. The van der Waals surface area contributed by atoms with Gasteiger partial charge in [0.05, 0.1) is 31.9 Å². The molecule has 0 bridgehead atoms. The highest BCUT2D eigenvalue weighted by atomic mass is 19.2. The number of methoxy groups -OCH3 is 1. The van der Waals surface area contributed by atoms with E-state index in [0.717, 1.165) is 17.5 Å². The third kappa shape index (κ3) is 6.11. The molecule has 0 saturated carbocycles. The maximum atomic E-state index is 13.4. The lowest BCUT2D eigenvalue weighted by Crippen LogP contribution is -2.42. The van der Waals surface area contributed by atoms with Crippen molar-refractivity contribution in [1.29, 1.82) is 0 Å². The van der Waals surface area contributed by atoms with Gasteiger partial charge in [0.25, 0.3) is 0 Å². The van der Waals surface area contributed by atoms with Gasteiger partial charge in [-0.3, -0.25) is 9.88 Å². The smallest absolute Gasteiger partial charge is 0.194 e. The van der Waals surface area contributed by atoms with Crippen molar-refractivity contribution < 1.29 is 33.2 Å². The summed E-state index contributed by atoms with van der Waals surface area (Å²) >= 11 is 0. The minimum Gasteiger partial charge on any atom is -0.497 e. The molecule has 0 aliphatic carbocycles. The number of likely N-dealkylation sites (tertiary alicyclic amines) is 1. The van der Waals surface area contributed by atoms with E-state index < -0.39 is 23.6 Å². The fraction of sp³-hybridized carbons (Fsp3) is 0.414. The summed E-state index contributed by atoms with van der Waals surface area (Å²) in [5.41, 5.74) is 1.56. The molecule has 1 unspecified atom stereocenters. The molecular weight excluding hydrogens is 497 g/mol. The second kappa shape index (κ2) is 12.1. The molecule has 3 N–H and O–H groups in total. The fourth-order valence-electron chi connectivity index (χ4n) is 5.02. The monoisotopic (exact) mass is 528 g/mol. The molecule has 1 fully saturated rings. The van der Waals surface area contributed by atoms with Crippen molar-refractivity contribution in [3.05, 3.63) is 70.7 Å². The highest BCUT2D eigenvalue weighted by molar-refractivity contribution is 5.85. The lowest BCUT2D eigenvalue weighted by atomic mass is 9.74. The van der Waals surface area contributed by atoms with Gasteiger partial charge in [-0.2, -0.15) is 0 Å². The first-order chi connectivity index (χ1) is 18.3. The van der Waals surface area contributed by atoms with Crippen LogP contribution in [0, 0.1) is 34.7 Å². The number of halogens is 3. The maximum Gasteiger partial charge on any atom is 0.194 e. The summed E-state index contributed by atoms with van der Waals surface area (Å²) in [6.45, 7) is 1.41. The van der Waals surface area contributed by atoms with Crippen molar-refractivity contribution in [2.75, 3.05) is 33.4 Å². The molecule has 202 valence electrons. The number of aliphatic hydroxyl groups excluding tert-OH is 3. The van der Waals surface area contributed by atoms with E-state index in [1.807, 2.05) is 6.07 Å². The third-order valence-electron chi connectivity index (χ3n) is 7.42. The van der Waals surface area contributed by atoms with Crippen LogP contribution in [0.2, 0.25) is 0 Å². The van der Waals surface area contributed by atoms with Crippen LogP contribution in [0.5, 0.6) is 5.75 Å². The molecular formula is C29H31F3N2O4. The number of aliphatic hydroxyl groups is 3. The Labute approximate surface area is 219 Å². The standard InChI is InChI=1S/C29H31F3N2O4/c1-38-21-4-5-25-22(15-21)27(20(17-35)16-33-25)26(37)6-7-29(18-36)8-11-34(12-9-29)10-2-3-19-13-23(30)28(32)24(31)14-19/h4-5,13-16,26,35-37H,6-12,17-18H2,1H3. The van der Waals surface area contributed by atoms with E-state index in [1.165, 1.54) is 0 Å². The van der Waals surface area contributed by atoms with Gasteiger partial charge in [0.15, 0.2) is 17.5 Å². The van der Waals surface area contributed by atoms with E-state index >= 15 is 0 Å². The Bertz CT molecular complexity index is 1320. The van der Waals surface area contributed by atoms with Crippen LogP contribution in [0.25, 0.3) is 10.9 Å². The number of benzene rings is 2. The second-order valence-electron chi connectivity index (χ2n) is 9.78. The number of ether oxygens (including phenoxy) is 1. The van der Waals surface area contributed by atoms with Gasteiger partial charge in [0.2, 0.25) is 0 Å². The minimum absolute atomic E-state index is 0.0227. The Morgan fingerprint density at radius 1 is 1.11 bits per heavy atom. The number of fused-ring (bicyclic) bond motifs is 1. The molecule has 9 heteroatoms. The highest BCUT2D eigenvalue weighted by Gasteiger charge is 2.34. The quantitative estimate of drug-likeness (QED) is 0.302. The largest absolute Gasteiger partial charge is 0.497 e. The number of piperidine rings is 1. The zero-order valence-corrected chi connectivity index (χ0v) is 21.2. The molecule has 0 radical (unpaired) electrons. The summed E-state index contributed by atoms with van der Waals surface area (Å²) in [4.78, 5) is 6.46. The van der Waals surface area contributed by atoms with Crippen molar-refractivity contribution in [1.82, 2.24) is 9.88 Å². The van der Waals surface area contributed by atoms with Crippen molar-refractivity contribution in [3.63, 3.8) is 0 Å². The number of nitrogens with zero attached hydrogens (tertiary/aromatic N) is 2. The zero-order chi connectivity index (χ0) is 27.3. The SMILES string of the molecule is COc1ccc2ncc(CO)c(C(O)CCC3(CO)CCN(CC#Cc4cc(F)c(F)c(F)c4)CC3)c2c1. The van der Waals surface area contributed by atoms with E-state index in [-0.39, 0.29) is 24.2 Å². The van der Waals surface area contributed by atoms with Crippen LogP contribution in [-0.4, -0.2) is 58.6 Å². The molecule has 2 aromatic carbocycles. The molecule has 3 aromatic rings. The summed E-state index contributed by atoms with van der Waals surface area (Å²) in [5.74, 6) is 2.12. The van der Waals surface area contributed by atoms with Crippen molar-refractivity contribution in [3.8, 4) is 17.6 Å². The predicted octanol–water partition coefficient (Wildman–Crippen LogP) is 4.09. The van der Waals surface area contributed by atoms with Gasteiger partial charge < -0.3 is 20.1 Å². The summed E-state index contributed by atoms with van der Waals surface area (Å²) in [5, 5.41) is 32.1. The Morgan fingerprint density at radius 3 is 2.45 bits per heavy atom. The average Bonchev–Trinajstić information content (AvgIpc) is 2.94. The van der Waals surface area contributed by atoms with Gasteiger partial charge in [-0.25, -0.2) is 13.2 Å². The predicted molar refractivity (Wildman–Crippen MR) is 137 cm³/mol. The van der Waals surface area contributed by atoms with Gasteiger partial charge in [-0.05, 0) is 80.1 Å². The van der Waals surface area contributed by atoms with Crippen LogP contribution >= 0.6 is 0 Å². The first-order valence-electron chi connectivity index (χ1n) is 12.5. The number of pyridine rings is 1. The molecule has 38 heavy (non-hydrogen) atoms. The molecule has 0 amide bonds. The molecule has 6 nitrogen and oxygen atoms in total. The van der Waals surface area contributed by atoms with Gasteiger partial charge in [0.1, 0.15) is 5.75 Å². The number of aromatic nitrogens is 1. The van der Waals surface area contributed by atoms with Gasteiger partial charge in [-0.15, -0.1) is 0 Å². The summed E-state index contributed by atoms with van der Waals surface area (Å²) in [7, 11) is 1.56. The van der Waals surface area contributed by atoms with Crippen LogP contribution in [-0.2, 0) is 6.61 Å². The lowest BCUT2D eigenvalue weighted by Gasteiger charge is -2.40. The Hall–Kier alpha value is -3.16. The van der Waals surface area contributed by atoms with Crippen molar-refractivity contribution >= 4 is 10.9 Å².